The van der Waals surface area contributed by atoms with Crippen LogP contribution in [0.15, 0.2) is 78.1 Å². The van der Waals surface area contributed by atoms with Crippen LogP contribution in [0.3, 0.4) is 0 Å². The minimum Gasteiger partial charge on any atom is -0.476 e. The van der Waals surface area contributed by atoms with Crippen molar-refractivity contribution in [3.63, 3.8) is 0 Å². The maximum absolute atomic E-state index is 13.0. The molecular formula is C21H19N2O5S+. The molecule has 1 aromatic carbocycles. The van der Waals surface area contributed by atoms with Gasteiger partial charge in [0, 0.05) is 23.9 Å². The molecule has 0 aliphatic heterocycles. The number of aromatic nitrogens is 2. The van der Waals surface area contributed by atoms with Crippen molar-refractivity contribution in [3.8, 4) is 0 Å². The maximum atomic E-state index is 13.0. The highest BCUT2D eigenvalue weighted by molar-refractivity contribution is 8.00. The average Bonchev–Trinajstić information content (AvgIpc) is 3.17. The number of rotatable bonds is 8. The smallest absolute Gasteiger partial charge is 0.356 e. The summed E-state index contributed by atoms with van der Waals surface area (Å²) in [5.41, 5.74) is 0.315. The topological polar surface area (TPSA) is 89.5 Å². The molecule has 1 unspecified atom stereocenters. The quantitative estimate of drug-likeness (QED) is 0.348. The van der Waals surface area contributed by atoms with Crippen LogP contribution in [0.1, 0.15) is 27.3 Å². The minimum absolute atomic E-state index is 0.175. The van der Waals surface area contributed by atoms with E-state index in [1.807, 2.05) is 42.1 Å². The molecule has 3 aromatic rings. The number of carbonyl (C=O) groups is 3. The molecule has 8 heteroatoms. The lowest BCUT2D eigenvalue weighted by atomic mass is 10.1. The van der Waals surface area contributed by atoms with Gasteiger partial charge in [-0.1, -0.05) is 30.3 Å². The Hall–Kier alpha value is -3.39. The molecule has 0 bridgehead atoms. The van der Waals surface area contributed by atoms with Crippen LogP contribution in [0.5, 0.6) is 0 Å². The third-order valence-electron chi connectivity index (χ3n) is 4.11. The Kier molecular flexibility index (Phi) is 6.46. The van der Waals surface area contributed by atoms with E-state index in [0.717, 1.165) is 9.76 Å². The number of nitrogens with zero attached hydrogens (tertiary/aromatic N) is 2. The number of carboxylic acid groups (broad SMARTS) is 1. The van der Waals surface area contributed by atoms with Gasteiger partial charge < -0.3 is 9.94 Å². The first-order chi connectivity index (χ1) is 14.0. The number of hydrogen-bond acceptors (Lipinski definition) is 5. The van der Waals surface area contributed by atoms with Crippen molar-refractivity contribution in [1.29, 1.82) is 0 Å². The highest BCUT2D eigenvalue weighted by Gasteiger charge is 2.28. The van der Waals surface area contributed by atoms with Crippen LogP contribution in [0.25, 0.3) is 0 Å². The number of pyridine rings is 1. The van der Waals surface area contributed by atoms with Gasteiger partial charge >= 0.3 is 11.9 Å². The first-order valence-corrected chi connectivity index (χ1v) is 9.66. The van der Waals surface area contributed by atoms with Gasteiger partial charge in [-0.05, 0) is 30.0 Å². The Balaban J connectivity index is 1.81. The SMILES string of the molecule is C[n+]1ccccc1SC(CC(=O)On1cccc1C(=O)O)C(=O)c1ccccc1. The monoisotopic (exact) mass is 411 g/mol. The highest BCUT2D eigenvalue weighted by atomic mass is 32.2. The molecule has 0 radical (unpaired) electrons. The summed E-state index contributed by atoms with van der Waals surface area (Å²) in [5.74, 6) is -2.13. The van der Waals surface area contributed by atoms with E-state index in [2.05, 4.69) is 0 Å². The zero-order valence-electron chi connectivity index (χ0n) is 15.6. The molecular weight excluding hydrogens is 392 g/mol. The number of hydrogen-bond donors (Lipinski definition) is 1. The first-order valence-electron chi connectivity index (χ1n) is 8.78. The van der Waals surface area contributed by atoms with Crippen molar-refractivity contribution in [3.05, 3.63) is 84.3 Å². The van der Waals surface area contributed by atoms with Crippen molar-refractivity contribution < 1.29 is 28.9 Å². The molecule has 0 amide bonds. The number of carbonyl (C=O) groups excluding carboxylic acids is 2. The van der Waals surface area contributed by atoms with Gasteiger partial charge in [-0.25, -0.2) is 9.59 Å². The Morgan fingerprint density at radius 2 is 1.79 bits per heavy atom. The molecule has 0 aliphatic rings. The third-order valence-corrected chi connectivity index (χ3v) is 5.44. The van der Waals surface area contributed by atoms with Gasteiger partial charge in [0.15, 0.2) is 17.7 Å². The molecule has 0 saturated carbocycles. The Labute approximate surface area is 171 Å². The van der Waals surface area contributed by atoms with E-state index < -0.39 is 17.2 Å². The second kappa shape index (κ2) is 9.20. The Morgan fingerprint density at radius 3 is 2.48 bits per heavy atom. The largest absolute Gasteiger partial charge is 0.476 e. The summed E-state index contributed by atoms with van der Waals surface area (Å²) in [6.45, 7) is 0. The van der Waals surface area contributed by atoms with Crippen molar-refractivity contribution in [1.82, 2.24) is 4.73 Å². The lowest BCUT2D eigenvalue weighted by Gasteiger charge is -2.14. The number of thioether (sulfide) groups is 1. The van der Waals surface area contributed by atoms with Gasteiger partial charge in [0.1, 0.15) is 7.05 Å². The Bertz CT molecular complexity index is 1030. The highest BCUT2D eigenvalue weighted by Crippen LogP contribution is 2.26. The minimum atomic E-state index is -1.22. The third kappa shape index (κ3) is 5.11. The zero-order valence-corrected chi connectivity index (χ0v) is 16.4. The van der Waals surface area contributed by atoms with Crippen LogP contribution >= 0.6 is 11.8 Å². The van der Waals surface area contributed by atoms with Gasteiger partial charge in [0.2, 0.25) is 5.03 Å². The first kappa shape index (κ1) is 20.3. The van der Waals surface area contributed by atoms with Crippen LogP contribution in [0.2, 0.25) is 0 Å². The standard InChI is InChI=1S/C21H18N2O5S/c1-22-12-6-5-11-18(22)29-17(20(25)15-8-3-2-4-9-15)14-19(24)28-23-13-7-10-16(23)21(26)27/h2-13,17H,14H2,1H3/p+1. The molecule has 0 spiro atoms. The molecule has 148 valence electrons. The van der Waals surface area contributed by atoms with E-state index in [9.17, 15) is 14.4 Å². The van der Waals surface area contributed by atoms with Gasteiger partial charge in [-0.2, -0.15) is 9.30 Å². The van der Waals surface area contributed by atoms with Gasteiger partial charge in [-0.3, -0.25) is 4.79 Å². The summed E-state index contributed by atoms with van der Waals surface area (Å²) < 4.78 is 2.75. The van der Waals surface area contributed by atoms with E-state index in [1.54, 1.807) is 24.3 Å². The molecule has 0 fully saturated rings. The second-order valence-corrected chi connectivity index (χ2v) is 7.40. The molecule has 7 nitrogen and oxygen atoms in total. The summed E-state index contributed by atoms with van der Waals surface area (Å²) >= 11 is 1.26. The van der Waals surface area contributed by atoms with Crippen molar-refractivity contribution in [2.75, 3.05) is 0 Å². The van der Waals surface area contributed by atoms with Gasteiger partial charge in [0.05, 0.1) is 11.7 Å². The predicted molar refractivity (Wildman–Crippen MR) is 106 cm³/mol. The molecule has 2 heterocycles. The van der Waals surface area contributed by atoms with Gasteiger partial charge in [-0.15, -0.1) is 0 Å². The maximum Gasteiger partial charge on any atom is 0.356 e. The number of aromatic carboxylic acids is 1. The van der Waals surface area contributed by atoms with Crippen molar-refractivity contribution >= 4 is 29.5 Å². The lowest BCUT2D eigenvalue weighted by molar-refractivity contribution is -0.708. The lowest BCUT2D eigenvalue weighted by Crippen LogP contribution is -2.33. The van der Waals surface area contributed by atoms with E-state index in [-0.39, 0.29) is 17.9 Å². The molecule has 0 saturated heterocycles. The zero-order chi connectivity index (χ0) is 20.8. The van der Waals surface area contributed by atoms with Crippen molar-refractivity contribution in [2.45, 2.75) is 16.7 Å². The van der Waals surface area contributed by atoms with E-state index >= 15 is 0 Å². The summed E-state index contributed by atoms with van der Waals surface area (Å²) in [4.78, 5) is 41.9. The second-order valence-electron chi connectivity index (χ2n) is 6.18. The summed E-state index contributed by atoms with van der Waals surface area (Å²) in [6, 6.07) is 17.1. The van der Waals surface area contributed by atoms with E-state index in [1.165, 1.54) is 30.1 Å². The van der Waals surface area contributed by atoms with Crippen molar-refractivity contribution in [2.24, 2.45) is 7.05 Å². The van der Waals surface area contributed by atoms with Crippen LogP contribution in [-0.2, 0) is 11.8 Å². The molecule has 1 atom stereocenters. The number of ketones is 1. The number of Topliss-reactive ketones (excluding diaryl/α,β-unsaturated/α-hetero) is 1. The molecule has 0 aliphatic carbocycles. The van der Waals surface area contributed by atoms with Crippen LogP contribution in [-0.4, -0.2) is 32.8 Å². The fourth-order valence-corrected chi connectivity index (χ4v) is 3.80. The van der Waals surface area contributed by atoms with Crippen LogP contribution < -0.4 is 9.40 Å². The Morgan fingerprint density at radius 1 is 1.07 bits per heavy atom. The van der Waals surface area contributed by atoms with Crippen LogP contribution in [0.4, 0.5) is 0 Å². The fraction of sp³-hybridized carbons (Fsp3) is 0.143. The number of aryl methyl sites for hydroxylation is 1. The fourth-order valence-electron chi connectivity index (χ4n) is 2.66. The number of benzene rings is 1. The number of carboxylic acids is 1. The normalized spacial score (nSPS) is 11.6. The molecule has 3 rings (SSSR count). The van der Waals surface area contributed by atoms with E-state index in [0.29, 0.717) is 5.56 Å². The van der Waals surface area contributed by atoms with Crippen LogP contribution in [0, 0.1) is 0 Å². The predicted octanol–water partition coefficient (Wildman–Crippen LogP) is 2.40. The average molecular weight is 411 g/mol. The summed E-state index contributed by atoms with van der Waals surface area (Å²) in [7, 11) is 1.85. The molecule has 29 heavy (non-hydrogen) atoms. The van der Waals surface area contributed by atoms with E-state index in [4.69, 9.17) is 9.94 Å². The summed E-state index contributed by atoms with van der Waals surface area (Å²) in [5, 5.41) is 9.21. The van der Waals surface area contributed by atoms with Gasteiger partial charge in [0.25, 0.3) is 0 Å². The molecule has 1 N–H and O–H groups in total. The molecule has 2 aromatic heterocycles. The summed E-state index contributed by atoms with van der Waals surface area (Å²) in [6.07, 6.45) is 2.97.